The fourth-order valence-electron chi connectivity index (χ4n) is 4.28. The fraction of sp³-hybridized carbons (Fsp3) is 0.185. The van der Waals surface area contributed by atoms with Crippen LogP contribution in [0.1, 0.15) is 34.7 Å². The van der Waals surface area contributed by atoms with E-state index in [0.29, 0.717) is 5.11 Å². The van der Waals surface area contributed by atoms with Crippen LogP contribution in [0, 0.1) is 13.8 Å². The quantitative estimate of drug-likeness (QED) is 0.374. The van der Waals surface area contributed by atoms with Gasteiger partial charge in [-0.25, -0.2) is 0 Å². The van der Waals surface area contributed by atoms with Gasteiger partial charge in [-0.1, -0.05) is 23.8 Å². The summed E-state index contributed by atoms with van der Waals surface area (Å²) < 4.78 is 8.24. The summed E-state index contributed by atoms with van der Waals surface area (Å²) in [7, 11) is 2.10. The molecule has 0 saturated carbocycles. The van der Waals surface area contributed by atoms with Crippen LogP contribution in [-0.4, -0.2) is 14.7 Å². The number of aromatic nitrogens is 2. The second-order valence-electron chi connectivity index (χ2n) is 8.36. The second-order valence-corrected chi connectivity index (χ2v) is 8.75. The van der Waals surface area contributed by atoms with Crippen LogP contribution in [-0.2, 0) is 7.05 Å². The minimum atomic E-state index is -0.0600. The standard InChI is InChI=1S/C27H26N4OS/c1-18-7-12-21(13-8-18)32-22-14-10-20(11-15-22)31-26(24-16-9-19(2)30(24)3)25(29-27(31)33)23-6-4-5-17-28-23/h4-17,25-26H,1-3H3,(H,29,33)/t25-,26-/m1/s1. The molecule has 0 radical (unpaired) electrons. The van der Waals surface area contributed by atoms with E-state index >= 15 is 0 Å². The summed E-state index contributed by atoms with van der Waals surface area (Å²) >= 11 is 5.82. The number of hydrogen-bond donors (Lipinski definition) is 1. The zero-order valence-electron chi connectivity index (χ0n) is 18.9. The molecule has 0 amide bonds. The molecule has 4 aromatic rings. The van der Waals surface area contributed by atoms with Crippen LogP contribution in [0.2, 0.25) is 0 Å². The molecule has 1 aliphatic heterocycles. The molecule has 33 heavy (non-hydrogen) atoms. The highest BCUT2D eigenvalue weighted by Crippen LogP contribution is 2.42. The number of rotatable bonds is 5. The second kappa shape index (κ2) is 8.71. The average Bonchev–Trinajstić information content (AvgIpc) is 3.35. The molecule has 0 spiro atoms. The highest BCUT2D eigenvalue weighted by Gasteiger charge is 2.41. The first-order valence-corrected chi connectivity index (χ1v) is 11.4. The van der Waals surface area contributed by atoms with Crippen LogP contribution in [0.5, 0.6) is 11.5 Å². The smallest absolute Gasteiger partial charge is 0.174 e. The van der Waals surface area contributed by atoms with E-state index in [2.05, 4.69) is 64.9 Å². The molecule has 3 heterocycles. The zero-order chi connectivity index (χ0) is 22.9. The molecule has 6 heteroatoms. The maximum absolute atomic E-state index is 6.02. The molecule has 1 saturated heterocycles. The number of hydrogen-bond acceptors (Lipinski definition) is 3. The summed E-state index contributed by atoms with van der Waals surface area (Å²) in [5, 5.41) is 4.20. The normalized spacial score (nSPS) is 17.8. The van der Waals surface area contributed by atoms with E-state index in [-0.39, 0.29) is 12.1 Å². The number of aryl methyl sites for hydroxylation is 2. The lowest BCUT2D eigenvalue weighted by Crippen LogP contribution is -2.30. The van der Waals surface area contributed by atoms with Gasteiger partial charge in [0.15, 0.2) is 5.11 Å². The van der Waals surface area contributed by atoms with E-state index < -0.39 is 0 Å². The van der Waals surface area contributed by atoms with Crippen molar-refractivity contribution in [2.45, 2.75) is 25.9 Å². The maximum atomic E-state index is 6.02. The molecule has 5 rings (SSSR count). The monoisotopic (exact) mass is 454 g/mol. The van der Waals surface area contributed by atoms with Gasteiger partial charge in [-0.3, -0.25) is 4.98 Å². The zero-order valence-corrected chi connectivity index (χ0v) is 19.7. The summed E-state index contributed by atoms with van der Waals surface area (Å²) in [6.07, 6.45) is 1.83. The van der Waals surface area contributed by atoms with Crippen LogP contribution >= 0.6 is 12.2 Å². The Balaban J connectivity index is 1.49. The van der Waals surface area contributed by atoms with Crippen LogP contribution < -0.4 is 15.0 Å². The largest absolute Gasteiger partial charge is 0.457 e. The van der Waals surface area contributed by atoms with Crippen molar-refractivity contribution >= 4 is 23.0 Å². The molecule has 1 aliphatic rings. The maximum Gasteiger partial charge on any atom is 0.174 e. The van der Waals surface area contributed by atoms with Crippen LogP contribution in [0.3, 0.4) is 0 Å². The van der Waals surface area contributed by atoms with E-state index in [0.717, 1.165) is 22.9 Å². The van der Waals surface area contributed by atoms with Gasteiger partial charge in [0.1, 0.15) is 17.5 Å². The lowest BCUT2D eigenvalue weighted by Gasteiger charge is -2.28. The Morgan fingerprint density at radius 1 is 0.879 bits per heavy atom. The molecule has 166 valence electrons. The van der Waals surface area contributed by atoms with Gasteiger partial charge in [0, 0.05) is 30.3 Å². The molecule has 0 bridgehead atoms. The first kappa shape index (κ1) is 21.2. The van der Waals surface area contributed by atoms with Gasteiger partial charge in [0.2, 0.25) is 0 Å². The average molecular weight is 455 g/mol. The predicted molar refractivity (Wildman–Crippen MR) is 136 cm³/mol. The summed E-state index contributed by atoms with van der Waals surface area (Å²) in [4.78, 5) is 6.80. The van der Waals surface area contributed by atoms with Gasteiger partial charge in [0.25, 0.3) is 0 Å². The summed E-state index contributed by atoms with van der Waals surface area (Å²) in [6, 6.07) is 26.3. The molecule has 1 N–H and O–H groups in total. The Bertz CT molecular complexity index is 1270. The number of benzene rings is 2. The summed E-state index contributed by atoms with van der Waals surface area (Å²) in [6.45, 7) is 4.18. The summed E-state index contributed by atoms with van der Waals surface area (Å²) in [5.41, 5.74) is 5.55. The molecular weight excluding hydrogens is 428 g/mol. The fourth-order valence-corrected chi connectivity index (χ4v) is 4.63. The third-order valence-corrected chi connectivity index (χ3v) is 6.50. The van der Waals surface area contributed by atoms with E-state index in [1.54, 1.807) is 0 Å². The molecular formula is C27H26N4OS. The van der Waals surface area contributed by atoms with E-state index in [9.17, 15) is 0 Å². The first-order chi connectivity index (χ1) is 16.0. The van der Waals surface area contributed by atoms with E-state index in [1.807, 2.05) is 60.8 Å². The van der Waals surface area contributed by atoms with E-state index in [4.69, 9.17) is 17.0 Å². The van der Waals surface area contributed by atoms with Crippen LogP contribution in [0.25, 0.3) is 0 Å². The third-order valence-electron chi connectivity index (χ3n) is 6.18. The van der Waals surface area contributed by atoms with E-state index in [1.165, 1.54) is 17.0 Å². The highest BCUT2D eigenvalue weighted by atomic mass is 32.1. The number of nitrogens with one attached hydrogen (secondary N) is 1. The van der Waals surface area contributed by atoms with Crippen molar-refractivity contribution in [1.29, 1.82) is 0 Å². The number of anilines is 1. The number of thiocarbonyl (C=S) groups is 1. The van der Waals surface area contributed by atoms with Gasteiger partial charge in [-0.05, 0) is 86.7 Å². The molecule has 5 nitrogen and oxygen atoms in total. The molecule has 0 aliphatic carbocycles. The van der Waals surface area contributed by atoms with Crippen molar-refractivity contribution < 1.29 is 4.74 Å². The predicted octanol–water partition coefficient (Wildman–Crippen LogP) is 6.01. The molecule has 0 unspecified atom stereocenters. The Labute approximate surface area is 199 Å². The van der Waals surface area contributed by atoms with Gasteiger partial charge < -0.3 is 19.5 Å². The minimum Gasteiger partial charge on any atom is -0.457 e. The van der Waals surface area contributed by atoms with Crippen molar-refractivity contribution in [2.24, 2.45) is 7.05 Å². The lowest BCUT2D eigenvalue weighted by molar-refractivity contribution is 0.482. The van der Waals surface area contributed by atoms with Crippen molar-refractivity contribution in [1.82, 2.24) is 14.9 Å². The molecule has 1 fully saturated rings. The van der Waals surface area contributed by atoms with Gasteiger partial charge in [-0.2, -0.15) is 0 Å². The topological polar surface area (TPSA) is 42.3 Å². The van der Waals surface area contributed by atoms with Crippen LogP contribution in [0.15, 0.2) is 85.1 Å². The minimum absolute atomic E-state index is 0.0324. The highest BCUT2D eigenvalue weighted by molar-refractivity contribution is 7.80. The lowest BCUT2D eigenvalue weighted by atomic mass is 10.0. The van der Waals surface area contributed by atoms with Gasteiger partial charge >= 0.3 is 0 Å². The van der Waals surface area contributed by atoms with Crippen molar-refractivity contribution in [3.05, 3.63) is 108 Å². The first-order valence-electron chi connectivity index (χ1n) is 11.0. The SMILES string of the molecule is Cc1ccc(Oc2ccc(N3C(=S)N[C@H](c4ccccn4)[C@H]3c3ccc(C)n3C)cc2)cc1. The van der Waals surface area contributed by atoms with Crippen molar-refractivity contribution in [3.63, 3.8) is 0 Å². The van der Waals surface area contributed by atoms with Gasteiger partial charge in [0.05, 0.1) is 11.7 Å². The Morgan fingerprint density at radius 2 is 1.58 bits per heavy atom. The molecule has 2 atom stereocenters. The Kier molecular flexibility index (Phi) is 5.60. The molecule has 2 aromatic carbocycles. The van der Waals surface area contributed by atoms with Gasteiger partial charge in [-0.15, -0.1) is 0 Å². The van der Waals surface area contributed by atoms with Crippen molar-refractivity contribution in [2.75, 3.05) is 4.90 Å². The number of nitrogens with zero attached hydrogens (tertiary/aromatic N) is 3. The summed E-state index contributed by atoms with van der Waals surface area (Å²) in [5.74, 6) is 1.60. The number of pyridine rings is 1. The van der Waals surface area contributed by atoms with Crippen molar-refractivity contribution in [3.8, 4) is 11.5 Å². The van der Waals surface area contributed by atoms with Crippen LogP contribution in [0.4, 0.5) is 5.69 Å². The Hall–Kier alpha value is -3.64. The number of ether oxygens (including phenoxy) is 1. The third kappa shape index (κ3) is 4.10. The Morgan fingerprint density at radius 3 is 2.18 bits per heavy atom. The molecule has 2 aromatic heterocycles.